The van der Waals surface area contributed by atoms with Crippen LogP contribution in [-0.4, -0.2) is 34.8 Å². The Morgan fingerprint density at radius 3 is 2.68 bits per heavy atom. The summed E-state index contributed by atoms with van der Waals surface area (Å²) in [5.41, 5.74) is -0.0292. The molecule has 0 saturated heterocycles. The molecule has 0 saturated carbocycles. The van der Waals surface area contributed by atoms with Crippen molar-refractivity contribution in [2.45, 2.75) is 12.5 Å². The molecule has 6 heteroatoms. The average molecular weight is 264 g/mol. The van der Waals surface area contributed by atoms with Crippen molar-refractivity contribution in [3.63, 3.8) is 0 Å². The van der Waals surface area contributed by atoms with Crippen LogP contribution < -0.4 is 0 Å². The molecule has 0 aromatic heterocycles. The number of aliphatic hydroxyl groups excluding tert-OH is 1. The van der Waals surface area contributed by atoms with Gasteiger partial charge in [-0.25, -0.2) is 0 Å². The van der Waals surface area contributed by atoms with Gasteiger partial charge >= 0.3 is 0 Å². The molecule has 102 valence electrons. The molecule has 1 N–H and O–H groups in total. The number of carbonyl (C=O) groups is 1. The number of rotatable bonds is 6. The van der Waals surface area contributed by atoms with Crippen LogP contribution in [0.5, 0.6) is 0 Å². The summed E-state index contributed by atoms with van der Waals surface area (Å²) in [6.07, 6.45) is 1.53. The first-order valence-electron chi connectivity index (χ1n) is 5.70. The minimum absolute atomic E-state index is 0.152. The number of carbonyl (C=O) groups excluding carboxylic acids is 1. The Hall–Kier alpha value is -2.21. The molecule has 0 bridgehead atoms. The number of nitro benzene ring substituents is 1. The molecular formula is C13H16N2O4. The number of nitrogens with zero attached hydrogens (tertiary/aromatic N) is 2. The summed E-state index contributed by atoms with van der Waals surface area (Å²) in [6, 6.07) is 5.86. The van der Waals surface area contributed by atoms with Crippen LogP contribution in [0.1, 0.15) is 18.1 Å². The van der Waals surface area contributed by atoms with Crippen LogP contribution in [0.15, 0.2) is 36.5 Å². The third-order valence-electron chi connectivity index (χ3n) is 2.45. The molecule has 6 nitrogen and oxygen atoms in total. The number of allylic oxidation sites excluding steroid dienone is 1. The first-order valence-corrected chi connectivity index (χ1v) is 5.70. The van der Waals surface area contributed by atoms with Crippen LogP contribution in [0.2, 0.25) is 0 Å². The number of hydrogen-bond acceptors (Lipinski definition) is 5. The lowest BCUT2D eigenvalue weighted by Crippen LogP contribution is -2.08. The van der Waals surface area contributed by atoms with Crippen molar-refractivity contribution >= 4 is 11.5 Å². The van der Waals surface area contributed by atoms with Crippen LogP contribution in [0.4, 0.5) is 5.69 Å². The largest absolute Gasteiger partial charge is 0.388 e. The molecule has 0 aliphatic rings. The Morgan fingerprint density at radius 1 is 1.47 bits per heavy atom. The quantitative estimate of drug-likeness (QED) is 0.480. The minimum Gasteiger partial charge on any atom is -0.388 e. The first-order chi connectivity index (χ1) is 8.91. The van der Waals surface area contributed by atoms with E-state index in [1.54, 1.807) is 31.3 Å². The van der Waals surface area contributed by atoms with Crippen molar-refractivity contribution in [3.8, 4) is 0 Å². The van der Waals surface area contributed by atoms with Crippen molar-refractivity contribution in [3.05, 3.63) is 52.2 Å². The maximum absolute atomic E-state index is 11.6. The number of benzene rings is 1. The molecule has 1 aromatic rings. The Morgan fingerprint density at radius 2 is 2.11 bits per heavy atom. The fourth-order valence-corrected chi connectivity index (χ4v) is 1.54. The normalized spacial score (nSPS) is 12.4. The Labute approximate surface area is 111 Å². The Bertz CT molecular complexity index is 497. The van der Waals surface area contributed by atoms with Gasteiger partial charge in [-0.1, -0.05) is 12.1 Å². The van der Waals surface area contributed by atoms with Gasteiger partial charge in [0.25, 0.3) is 5.69 Å². The van der Waals surface area contributed by atoms with Crippen molar-refractivity contribution in [1.82, 2.24) is 4.90 Å². The maximum Gasteiger partial charge on any atom is 0.275 e. The van der Waals surface area contributed by atoms with E-state index in [2.05, 4.69) is 0 Å². The van der Waals surface area contributed by atoms with Crippen molar-refractivity contribution in [2.24, 2.45) is 0 Å². The smallest absolute Gasteiger partial charge is 0.275 e. The SMILES string of the molecule is CN(C)/C=C/C(=O)CC(O)c1ccccc1[N+](=O)[O-]. The van der Waals surface area contributed by atoms with Crippen molar-refractivity contribution < 1.29 is 14.8 Å². The summed E-state index contributed by atoms with van der Waals surface area (Å²) >= 11 is 0. The predicted octanol–water partition coefficient (Wildman–Crippen LogP) is 1.66. The van der Waals surface area contributed by atoms with Crippen molar-refractivity contribution in [1.29, 1.82) is 0 Å². The average Bonchev–Trinajstić information content (AvgIpc) is 2.36. The summed E-state index contributed by atoms with van der Waals surface area (Å²) < 4.78 is 0. The molecule has 0 radical (unpaired) electrons. The fraction of sp³-hybridized carbons (Fsp3) is 0.308. The second kappa shape index (κ2) is 6.65. The van der Waals surface area contributed by atoms with Crippen LogP contribution >= 0.6 is 0 Å². The van der Waals surface area contributed by atoms with E-state index in [1.165, 1.54) is 24.3 Å². The molecule has 1 unspecified atom stereocenters. The van der Waals surface area contributed by atoms with E-state index >= 15 is 0 Å². The van der Waals surface area contributed by atoms with E-state index < -0.39 is 11.0 Å². The molecule has 0 spiro atoms. The molecule has 0 aliphatic carbocycles. The van der Waals surface area contributed by atoms with E-state index in [9.17, 15) is 20.0 Å². The standard InChI is InChI=1S/C13H16N2O4/c1-14(2)8-7-10(16)9-13(17)11-5-3-4-6-12(11)15(18)19/h3-8,13,17H,9H2,1-2H3/b8-7+. The zero-order chi connectivity index (χ0) is 14.4. The monoisotopic (exact) mass is 264 g/mol. The lowest BCUT2D eigenvalue weighted by Gasteiger charge is -2.09. The molecular weight excluding hydrogens is 248 g/mol. The number of ketones is 1. The molecule has 19 heavy (non-hydrogen) atoms. The third-order valence-corrected chi connectivity index (χ3v) is 2.45. The highest BCUT2D eigenvalue weighted by Gasteiger charge is 2.21. The predicted molar refractivity (Wildman–Crippen MR) is 70.5 cm³/mol. The lowest BCUT2D eigenvalue weighted by molar-refractivity contribution is -0.386. The molecule has 0 aliphatic heterocycles. The molecule has 1 aromatic carbocycles. The summed E-state index contributed by atoms with van der Waals surface area (Å²) in [5.74, 6) is -0.292. The number of nitro groups is 1. The summed E-state index contributed by atoms with van der Waals surface area (Å²) in [7, 11) is 3.53. The van der Waals surface area contributed by atoms with E-state index in [0.717, 1.165) is 0 Å². The molecule has 0 heterocycles. The molecule has 1 atom stereocenters. The molecule has 1 rings (SSSR count). The van der Waals surface area contributed by atoms with E-state index in [4.69, 9.17) is 0 Å². The van der Waals surface area contributed by atoms with Gasteiger partial charge in [-0.05, 0) is 12.1 Å². The Kier molecular flexibility index (Phi) is 5.20. The van der Waals surface area contributed by atoms with Gasteiger partial charge in [0.2, 0.25) is 0 Å². The maximum atomic E-state index is 11.6. The number of aliphatic hydroxyl groups is 1. The summed E-state index contributed by atoms with van der Waals surface area (Å²) in [5, 5.41) is 20.7. The van der Waals surface area contributed by atoms with Crippen LogP contribution in [0.3, 0.4) is 0 Å². The number of hydrogen-bond donors (Lipinski definition) is 1. The van der Waals surface area contributed by atoms with Gasteiger partial charge in [-0.2, -0.15) is 0 Å². The van der Waals surface area contributed by atoms with Gasteiger partial charge in [0.15, 0.2) is 5.78 Å². The molecule has 0 fully saturated rings. The van der Waals surface area contributed by atoms with Gasteiger partial charge in [0, 0.05) is 32.8 Å². The summed E-state index contributed by atoms with van der Waals surface area (Å²) in [6.45, 7) is 0. The van der Waals surface area contributed by atoms with Gasteiger partial charge in [-0.15, -0.1) is 0 Å². The first kappa shape index (κ1) is 14.8. The highest BCUT2D eigenvalue weighted by Crippen LogP contribution is 2.26. The third kappa shape index (κ3) is 4.51. The highest BCUT2D eigenvalue weighted by molar-refractivity contribution is 5.90. The second-order valence-corrected chi connectivity index (χ2v) is 4.28. The molecule has 0 amide bonds. The van der Waals surface area contributed by atoms with E-state index in [1.807, 2.05) is 0 Å². The van der Waals surface area contributed by atoms with Gasteiger partial charge in [0.1, 0.15) is 0 Å². The van der Waals surface area contributed by atoms with E-state index in [0.29, 0.717) is 0 Å². The van der Waals surface area contributed by atoms with Gasteiger partial charge in [-0.3, -0.25) is 14.9 Å². The zero-order valence-electron chi connectivity index (χ0n) is 10.8. The fourth-order valence-electron chi connectivity index (χ4n) is 1.54. The number of para-hydroxylation sites is 1. The lowest BCUT2D eigenvalue weighted by atomic mass is 10.0. The second-order valence-electron chi connectivity index (χ2n) is 4.28. The van der Waals surface area contributed by atoms with Crippen LogP contribution in [0.25, 0.3) is 0 Å². The van der Waals surface area contributed by atoms with Gasteiger partial charge in [0.05, 0.1) is 16.6 Å². The van der Waals surface area contributed by atoms with Crippen molar-refractivity contribution in [2.75, 3.05) is 14.1 Å². The topological polar surface area (TPSA) is 83.7 Å². The van der Waals surface area contributed by atoms with Crippen LogP contribution in [-0.2, 0) is 4.79 Å². The minimum atomic E-state index is -1.18. The van der Waals surface area contributed by atoms with E-state index in [-0.39, 0.29) is 23.5 Å². The van der Waals surface area contributed by atoms with Crippen LogP contribution in [0, 0.1) is 10.1 Å². The van der Waals surface area contributed by atoms with Gasteiger partial charge < -0.3 is 10.0 Å². The highest BCUT2D eigenvalue weighted by atomic mass is 16.6. The summed E-state index contributed by atoms with van der Waals surface area (Å²) in [4.78, 5) is 23.5. The Balaban J connectivity index is 2.81. The zero-order valence-corrected chi connectivity index (χ0v) is 10.8.